The summed E-state index contributed by atoms with van der Waals surface area (Å²) in [6.45, 7) is 3.05. The van der Waals surface area contributed by atoms with Crippen molar-refractivity contribution in [1.82, 2.24) is 9.55 Å². The summed E-state index contributed by atoms with van der Waals surface area (Å²) in [6, 6.07) is 11.5. The summed E-state index contributed by atoms with van der Waals surface area (Å²) in [7, 11) is 0. The van der Waals surface area contributed by atoms with Crippen molar-refractivity contribution in [1.29, 1.82) is 0 Å². The smallest absolute Gasteiger partial charge is 0.549 e. The van der Waals surface area contributed by atoms with Crippen molar-refractivity contribution >= 4 is 40.4 Å². The summed E-state index contributed by atoms with van der Waals surface area (Å²) in [5.74, 6) is -1.73. The van der Waals surface area contributed by atoms with E-state index in [0.717, 1.165) is 11.8 Å². The first kappa shape index (κ1) is 20.3. The number of carbonyl (C=O) groups is 1. The molecule has 0 bridgehead atoms. The van der Waals surface area contributed by atoms with Crippen LogP contribution in [0.25, 0.3) is 16.7 Å². The van der Waals surface area contributed by atoms with Gasteiger partial charge in [0.1, 0.15) is 5.82 Å². The van der Waals surface area contributed by atoms with E-state index in [4.69, 9.17) is 11.6 Å². The van der Waals surface area contributed by atoms with Gasteiger partial charge in [0, 0.05) is 5.02 Å². The molecule has 0 aliphatic heterocycles. The van der Waals surface area contributed by atoms with Crippen LogP contribution in [0.2, 0.25) is 5.02 Å². The second kappa shape index (κ2) is 7.68. The molecule has 0 spiro atoms. The number of thioether (sulfide) groups is 1. The molecule has 3 rings (SSSR count). The zero-order valence-corrected chi connectivity index (χ0v) is 17.5. The molecule has 0 aliphatic carbocycles. The first-order valence-electron chi connectivity index (χ1n) is 7.13. The molecule has 25 heavy (non-hydrogen) atoms. The van der Waals surface area contributed by atoms with Crippen molar-refractivity contribution < 1.29 is 43.8 Å². The molecular weight excluding hydrogens is 374 g/mol. The Morgan fingerprint density at radius 2 is 1.96 bits per heavy atom. The number of halogens is 2. The molecule has 0 unspecified atom stereocenters. The maximum absolute atomic E-state index is 14.4. The van der Waals surface area contributed by atoms with E-state index >= 15 is 0 Å². The number of rotatable bonds is 4. The number of para-hydroxylation sites is 2. The molecule has 4 nitrogen and oxygen atoms in total. The summed E-state index contributed by atoms with van der Waals surface area (Å²) in [5, 5.41) is 12.0. The molecule has 0 saturated heterocycles. The van der Waals surface area contributed by atoms with Crippen molar-refractivity contribution in [3.05, 3.63) is 53.3 Å². The third-order valence-electron chi connectivity index (χ3n) is 3.52. The monoisotopic (exact) mass is 386 g/mol. The van der Waals surface area contributed by atoms with Crippen LogP contribution >= 0.6 is 23.4 Å². The minimum absolute atomic E-state index is 0. The minimum atomic E-state index is -1.22. The van der Waals surface area contributed by atoms with Gasteiger partial charge in [0.25, 0.3) is 0 Å². The van der Waals surface area contributed by atoms with Gasteiger partial charge in [-0.05, 0) is 44.2 Å². The summed E-state index contributed by atoms with van der Waals surface area (Å²) in [4.78, 5) is 15.8. The van der Waals surface area contributed by atoms with Crippen LogP contribution in [0.15, 0.2) is 47.6 Å². The molecule has 0 saturated carbocycles. The molecule has 0 amide bonds. The summed E-state index contributed by atoms with van der Waals surface area (Å²) in [5.41, 5.74) is 1.57. The number of benzene rings is 2. The van der Waals surface area contributed by atoms with E-state index in [1.165, 1.54) is 19.9 Å². The number of carboxylic acid groups (broad SMARTS) is 1. The number of carboxylic acids is 1. The van der Waals surface area contributed by atoms with Crippen LogP contribution in [-0.2, 0) is 4.79 Å². The van der Waals surface area contributed by atoms with Crippen LogP contribution in [0, 0.1) is 5.82 Å². The molecular formula is C17H13ClFN2NaO2S. The molecule has 0 N–H and O–H groups in total. The number of hydrogen-bond acceptors (Lipinski definition) is 4. The van der Waals surface area contributed by atoms with Gasteiger partial charge in [0.15, 0.2) is 5.16 Å². The van der Waals surface area contributed by atoms with Crippen molar-refractivity contribution in [2.24, 2.45) is 0 Å². The number of aromatic nitrogens is 2. The molecule has 3 aromatic rings. The summed E-state index contributed by atoms with van der Waals surface area (Å²) < 4.78 is 14.8. The van der Waals surface area contributed by atoms with Gasteiger partial charge in [-0.2, -0.15) is 0 Å². The predicted octanol–water partition coefficient (Wildman–Crippen LogP) is 0.443. The van der Waals surface area contributed by atoms with Gasteiger partial charge < -0.3 is 9.90 Å². The van der Waals surface area contributed by atoms with Gasteiger partial charge in [-0.1, -0.05) is 35.5 Å². The van der Waals surface area contributed by atoms with Crippen molar-refractivity contribution in [2.45, 2.75) is 23.8 Å². The van der Waals surface area contributed by atoms with E-state index in [1.54, 1.807) is 28.8 Å². The SMILES string of the molecule is CC(C)(Sc1nc2ccccc2n1-c1ccc(Cl)cc1F)C(=O)[O-].[Na+]. The second-order valence-corrected chi connectivity index (χ2v) is 7.74. The van der Waals surface area contributed by atoms with E-state index in [2.05, 4.69) is 4.98 Å². The molecule has 0 fully saturated rings. The normalized spacial score (nSPS) is 11.4. The van der Waals surface area contributed by atoms with Crippen LogP contribution < -0.4 is 34.7 Å². The Balaban J connectivity index is 0.00000225. The molecule has 0 radical (unpaired) electrons. The first-order chi connectivity index (χ1) is 11.3. The van der Waals surface area contributed by atoms with Gasteiger partial charge in [-0.3, -0.25) is 4.57 Å². The molecule has 2 aromatic carbocycles. The van der Waals surface area contributed by atoms with Crippen LogP contribution in [0.4, 0.5) is 4.39 Å². The Kier molecular flexibility index (Phi) is 6.22. The van der Waals surface area contributed by atoms with Crippen LogP contribution in [0.5, 0.6) is 0 Å². The molecule has 0 atom stereocenters. The fourth-order valence-corrected chi connectivity index (χ4v) is 3.37. The Morgan fingerprint density at radius 1 is 1.28 bits per heavy atom. The summed E-state index contributed by atoms with van der Waals surface area (Å²) in [6.07, 6.45) is 0. The average molecular weight is 387 g/mol. The number of hydrogen-bond donors (Lipinski definition) is 0. The zero-order chi connectivity index (χ0) is 17.5. The van der Waals surface area contributed by atoms with Crippen molar-refractivity contribution in [2.75, 3.05) is 0 Å². The van der Waals surface area contributed by atoms with Crippen molar-refractivity contribution in [3.8, 4) is 5.69 Å². The molecule has 124 valence electrons. The molecule has 0 aliphatic rings. The molecule has 1 aromatic heterocycles. The number of carbonyl (C=O) groups excluding carboxylic acids is 1. The molecule has 8 heteroatoms. The van der Waals surface area contributed by atoms with Gasteiger partial charge in [0.2, 0.25) is 0 Å². The first-order valence-corrected chi connectivity index (χ1v) is 8.32. The van der Waals surface area contributed by atoms with Gasteiger partial charge in [0.05, 0.1) is 27.4 Å². The maximum atomic E-state index is 14.4. The van der Waals surface area contributed by atoms with Gasteiger partial charge in [-0.15, -0.1) is 0 Å². The van der Waals surface area contributed by atoms with Gasteiger partial charge in [-0.25, -0.2) is 9.37 Å². The maximum Gasteiger partial charge on any atom is 1.00 e. The van der Waals surface area contributed by atoms with E-state index in [9.17, 15) is 14.3 Å². The number of imidazole rings is 1. The third kappa shape index (κ3) is 4.04. The Morgan fingerprint density at radius 3 is 2.60 bits per heavy atom. The number of fused-ring (bicyclic) bond motifs is 1. The Bertz CT molecular complexity index is 946. The zero-order valence-electron chi connectivity index (χ0n) is 13.9. The third-order valence-corrected chi connectivity index (χ3v) is 4.89. The largest absolute Gasteiger partial charge is 1.00 e. The van der Waals surface area contributed by atoms with E-state index in [1.807, 2.05) is 12.1 Å². The number of aliphatic carboxylic acids is 1. The molecule has 1 heterocycles. The van der Waals surface area contributed by atoms with Crippen LogP contribution in [0.3, 0.4) is 0 Å². The van der Waals surface area contributed by atoms with E-state index in [-0.39, 0.29) is 40.3 Å². The Hall–Kier alpha value is -1.05. The van der Waals surface area contributed by atoms with Crippen LogP contribution in [0.1, 0.15) is 13.8 Å². The fraction of sp³-hybridized carbons (Fsp3) is 0.176. The fourth-order valence-electron chi connectivity index (χ4n) is 2.24. The quantitative estimate of drug-likeness (QED) is 0.482. The van der Waals surface area contributed by atoms with Gasteiger partial charge >= 0.3 is 29.6 Å². The average Bonchev–Trinajstić information content (AvgIpc) is 2.84. The van der Waals surface area contributed by atoms with Crippen LogP contribution in [-0.4, -0.2) is 20.3 Å². The standard InChI is InChI=1S/C17H14ClFN2O2S.Na/c1-17(2,15(22)23)24-16-20-12-5-3-4-6-14(12)21(16)13-8-7-10(18)9-11(13)19;/h3-9H,1-2H3,(H,22,23);/q;+1/p-1. The second-order valence-electron chi connectivity index (χ2n) is 5.71. The Labute approximate surface area is 175 Å². The predicted molar refractivity (Wildman–Crippen MR) is 91.0 cm³/mol. The summed E-state index contributed by atoms with van der Waals surface area (Å²) >= 11 is 6.83. The minimum Gasteiger partial charge on any atom is -0.549 e. The van der Waals surface area contributed by atoms with Crippen molar-refractivity contribution in [3.63, 3.8) is 0 Å². The van der Waals surface area contributed by atoms with E-state index < -0.39 is 16.5 Å². The topological polar surface area (TPSA) is 58.0 Å². The number of nitrogens with zero attached hydrogens (tertiary/aromatic N) is 2. The van der Waals surface area contributed by atoms with E-state index in [0.29, 0.717) is 16.2 Å².